The van der Waals surface area contributed by atoms with E-state index in [0.717, 1.165) is 17.7 Å². The van der Waals surface area contributed by atoms with Gasteiger partial charge in [-0.2, -0.15) is 0 Å². The van der Waals surface area contributed by atoms with Gasteiger partial charge in [-0.15, -0.1) is 5.10 Å². The zero-order valence-electron chi connectivity index (χ0n) is 9.93. The number of thiocarbonyl (C=S) groups is 1. The maximum atomic E-state index is 13.1. The topological polar surface area (TPSA) is 56.7 Å². The molecule has 2 N–H and O–H groups in total. The Morgan fingerprint density at radius 3 is 2.89 bits per heavy atom. The second-order valence-electron chi connectivity index (χ2n) is 3.89. The molecule has 2 aromatic rings. The Kier molecular flexibility index (Phi) is 3.66. The highest BCUT2D eigenvalue weighted by atomic mass is 32.1. The lowest BCUT2D eigenvalue weighted by molar-refractivity contribution is 0.604. The molecule has 0 saturated heterocycles. The molecule has 1 heterocycles. The van der Waals surface area contributed by atoms with Gasteiger partial charge in [-0.05, 0) is 24.1 Å². The summed E-state index contributed by atoms with van der Waals surface area (Å²) in [5, 5.41) is 7.97. The first-order valence-electron chi connectivity index (χ1n) is 5.58. The lowest BCUT2D eigenvalue weighted by Crippen LogP contribution is -2.14. The third-order valence-corrected chi connectivity index (χ3v) is 2.82. The third kappa shape index (κ3) is 2.53. The molecule has 2 rings (SSSR count). The van der Waals surface area contributed by atoms with E-state index < -0.39 is 0 Å². The highest BCUT2D eigenvalue weighted by molar-refractivity contribution is 7.80. The monoisotopic (exact) mass is 264 g/mol. The molecule has 0 spiro atoms. The van der Waals surface area contributed by atoms with Gasteiger partial charge in [0.1, 0.15) is 16.5 Å². The Morgan fingerprint density at radius 1 is 1.50 bits per heavy atom. The number of hydrogen-bond donors (Lipinski definition) is 1. The largest absolute Gasteiger partial charge is 0.388 e. The van der Waals surface area contributed by atoms with E-state index in [9.17, 15) is 4.39 Å². The molecular weight excluding hydrogens is 251 g/mol. The van der Waals surface area contributed by atoms with E-state index in [-0.39, 0.29) is 10.8 Å². The maximum Gasteiger partial charge on any atom is 0.143 e. The van der Waals surface area contributed by atoms with Crippen molar-refractivity contribution in [1.82, 2.24) is 15.0 Å². The Bertz CT molecular complexity index is 579. The molecule has 0 aliphatic rings. The highest BCUT2D eigenvalue weighted by Gasteiger charge is 2.13. The fourth-order valence-corrected chi connectivity index (χ4v) is 1.97. The standard InChI is InChI=1S/C12H13FN4S/c1-2-10-11(12(14)18)15-16-17(10)7-8-4-3-5-9(13)6-8/h3-6H,2,7H2,1H3,(H2,14,18). The van der Waals surface area contributed by atoms with Gasteiger partial charge in [-0.1, -0.05) is 36.5 Å². The number of halogens is 1. The molecule has 0 saturated carbocycles. The molecule has 0 unspecified atom stereocenters. The van der Waals surface area contributed by atoms with Crippen molar-refractivity contribution in [3.05, 3.63) is 47.0 Å². The van der Waals surface area contributed by atoms with Gasteiger partial charge in [0.2, 0.25) is 0 Å². The van der Waals surface area contributed by atoms with E-state index >= 15 is 0 Å². The van der Waals surface area contributed by atoms with E-state index in [2.05, 4.69) is 10.3 Å². The molecule has 18 heavy (non-hydrogen) atoms. The summed E-state index contributed by atoms with van der Waals surface area (Å²) in [7, 11) is 0. The molecule has 4 nitrogen and oxygen atoms in total. The number of aromatic nitrogens is 3. The van der Waals surface area contributed by atoms with Gasteiger partial charge < -0.3 is 5.73 Å². The molecule has 0 fully saturated rings. The first kappa shape index (κ1) is 12.6. The molecule has 0 amide bonds. The van der Waals surface area contributed by atoms with Gasteiger partial charge in [0.25, 0.3) is 0 Å². The smallest absolute Gasteiger partial charge is 0.143 e. The molecule has 0 bridgehead atoms. The van der Waals surface area contributed by atoms with Crippen LogP contribution in [-0.2, 0) is 13.0 Å². The minimum absolute atomic E-state index is 0.234. The lowest BCUT2D eigenvalue weighted by atomic mass is 10.2. The fourth-order valence-electron chi connectivity index (χ4n) is 1.81. The number of nitrogens with two attached hydrogens (primary N) is 1. The number of nitrogens with zero attached hydrogens (tertiary/aromatic N) is 3. The van der Waals surface area contributed by atoms with Gasteiger partial charge in [-0.25, -0.2) is 9.07 Å². The Morgan fingerprint density at radius 2 is 2.28 bits per heavy atom. The average molecular weight is 264 g/mol. The molecule has 0 radical (unpaired) electrons. The summed E-state index contributed by atoms with van der Waals surface area (Å²) in [4.78, 5) is 0.234. The van der Waals surface area contributed by atoms with Crippen molar-refractivity contribution >= 4 is 17.2 Å². The minimum Gasteiger partial charge on any atom is -0.388 e. The van der Waals surface area contributed by atoms with Crippen LogP contribution in [0.1, 0.15) is 23.9 Å². The fraction of sp³-hybridized carbons (Fsp3) is 0.250. The molecule has 1 aromatic heterocycles. The van der Waals surface area contributed by atoms with Crippen LogP contribution in [0.3, 0.4) is 0 Å². The van der Waals surface area contributed by atoms with Crippen molar-refractivity contribution in [1.29, 1.82) is 0 Å². The average Bonchev–Trinajstić information content (AvgIpc) is 2.72. The van der Waals surface area contributed by atoms with E-state index in [0.29, 0.717) is 12.2 Å². The van der Waals surface area contributed by atoms with E-state index in [1.54, 1.807) is 10.7 Å². The molecule has 0 atom stereocenters. The molecule has 0 aliphatic heterocycles. The van der Waals surface area contributed by atoms with Crippen LogP contribution in [0.15, 0.2) is 24.3 Å². The summed E-state index contributed by atoms with van der Waals surface area (Å²) in [5.41, 5.74) is 7.81. The first-order valence-corrected chi connectivity index (χ1v) is 5.99. The van der Waals surface area contributed by atoms with Crippen LogP contribution in [0, 0.1) is 5.82 Å². The van der Waals surface area contributed by atoms with E-state index in [4.69, 9.17) is 18.0 Å². The van der Waals surface area contributed by atoms with Gasteiger partial charge in [-0.3, -0.25) is 0 Å². The Labute approximate surface area is 110 Å². The minimum atomic E-state index is -0.264. The zero-order chi connectivity index (χ0) is 13.1. The van der Waals surface area contributed by atoms with Gasteiger partial charge in [0.05, 0.1) is 12.2 Å². The normalized spacial score (nSPS) is 10.6. The van der Waals surface area contributed by atoms with Crippen LogP contribution >= 0.6 is 12.2 Å². The van der Waals surface area contributed by atoms with Crippen molar-refractivity contribution in [3.63, 3.8) is 0 Å². The van der Waals surface area contributed by atoms with Crippen molar-refractivity contribution in [2.45, 2.75) is 19.9 Å². The summed E-state index contributed by atoms with van der Waals surface area (Å²) < 4.78 is 14.8. The second kappa shape index (κ2) is 5.22. The van der Waals surface area contributed by atoms with Crippen LogP contribution in [0.5, 0.6) is 0 Å². The lowest BCUT2D eigenvalue weighted by Gasteiger charge is -2.06. The van der Waals surface area contributed by atoms with Crippen LogP contribution in [0.25, 0.3) is 0 Å². The molecule has 6 heteroatoms. The maximum absolute atomic E-state index is 13.1. The SMILES string of the molecule is CCc1c(C(N)=S)nnn1Cc1cccc(F)c1. The van der Waals surface area contributed by atoms with E-state index in [1.165, 1.54) is 12.1 Å². The van der Waals surface area contributed by atoms with Gasteiger partial charge in [0.15, 0.2) is 0 Å². The highest BCUT2D eigenvalue weighted by Crippen LogP contribution is 2.10. The van der Waals surface area contributed by atoms with Crippen molar-refractivity contribution in [2.24, 2.45) is 5.73 Å². The predicted molar refractivity (Wildman–Crippen MR) is 70.8 cm³/mol. The summed E-state index contributed by atoms with van der Waals surface area (Å²) in [6, 6.07) is 6.39. The quantitative estimate of drug-likeness (QED) is 0.853. The first-order chi connectivity index (χ1) is 8.61. The molecule has 0 aliphatic carbocycles. The summed E-state index contributed by atoms with van der Waals surface area (Å²) in [5.74, 6) is -0.264. The van der Waals surface area contributed by atoms with Crippen molar-refractivity contribution < 1.29 is 4.39 Å². The molecule has 1 aromatic carbocycles. The third-order valence-electron chi connectivity index (χ3n) is 2.63. The van der Waals surface area contributed by atoms with Crippen LogP contribution < -0.4 is 5.73 Å². The predicted octanol–water partition coefficient (Wildman–Crippen LogP) is 1.66. The zero-order valence-corrected chi connectivity index (χ0v) is 10.7. The van der Waals surface area contributed by atoms with Crippen LogP contribution in [-0.4, -0.2) is 20.0 Å². The van der Waals surface area contributed by atoms with Gasteiger partial charge in [0, 0.05) is 0 Å². The number of benzene rings is 1. The van der Waals surface area contributed by atoms with E-state index in [1.807, 2.05) is 13.0 Å². The molecular formula is C12H13FN4S. The number of hydrogen-bond acceptors (Lipinski definition) is 3. The Hall–Kier alpha value is -1.82. The van der Waals surface area contributed by atoms with Crippen molar-refractivity contribution in [2.75, 3.05) is 0 Å². The van der Waals surface area contributed by atoms with Crippen LogP contribution in [0.4, 0.5) is 4.39 Å². The Balaban J connectivity index is 2.32. The summed E-state index contributed by atoms with van der Waals surface area (Å²) >= 11 is 4.92. The van der Waals surface area contributed by atoms with Crippen molar-refractivity contribution in [3.8, 4) is 0 Å². The second-order valence-corrected chi connectivity index (χ2v) is 4.33. The van der Waals surface area contributed by atoms with Gasteiger partial charge >= 0.3 is 0 Å². The summed E-state index contributed by atoms with van der Waals surface area (Å²) in [6.45, 7) is 2.43. The van der Waals surface area contributed by atoms with Crippen LogP contribution in [0.2, 0.25) is 0 Å². The summed E-state index contributed by atoms with van der Waals surface area (Å²) in [6.07, 6.45) is 0.717. The number of rotatable bonds is 4. The molecule has 94 valence electrons.